The van der Waals surface area contributed by atoms with Crippen LogP contribution in [0.4, 0.5) is 0 Å². The van der Waals surface area contributed by atoms with E-state index in [2.05, 4.69) is 55.5 Å². The van der Waals surface area contributed by atoms with E-state index in [0.717, 1.165) is 31.7 Å². The molecule has 4 heteroatoms. The van der Waals surface area contributed by atoms with Crippen LogP contribution in [0.25, 0.3) is 11.3 Å². The molecule has 0 saturated carbocycles. The van der Waals surface area contributed by atoms with Crippen LogP contribution >= 0.6 is 11.3 Å². The molecule has 0 fully saturated rings. The average Bonchev–Trinajstić information content (AvgIpc) is 2.84. The molecule has 0 radical (unpaired) electrons. The van der Waals surface area contributed by atoms with Crippen molar-refractivity contribution >= 4 is 11.3 Å². The second kappa shape index (κ2) is 8.27. The minimum atomic E-state index is 1.01. The first-order chi connectivity index (χ1) is 10.2. The van der Waals surface area contributed by atoms with Gasteiger partial charge in [-0.1, -0.05) is 30.3 Å². The van der Waals surface area contributed by atoms with Gasteiger partial charge in [-0.15, -0.1) is 11.3 Å². The van der Waals surface area contributed by atoms with Gasteiger partial charge in [0.05, 0.1) is 10.7 Å². The van der Waals surface area contributed by atoms with Gasteiger partial charge in [-0.25, -0.2) is 4.98 Å². The summed E-state index contributed by atoms with van der Waals surface area (Å²) in [5, 5.41) is 4.73. The molecular weight excluding hydrogens is 278 g/mol. The first kappa shape index (κ1) is 16.1. The highest BCUT2D eigenvalue weighted by atomic mass is 32.1. The highest BCUT2D eigenvalue weighted by molar-refractivity contribution is 7.12. The summed E-state index contributed by atoms with van der Waals surface area (Å²) in [6.45, 7) is 5.39. The molecule has 1 aromatic heterocycles. The molecule has 114 valence electrons. The molecule has 1 heterocycles. The minimum Gasteiger partial charge on any atom is -0.316 e. The fourth-order valence-electron chi connectivity index (χ4n) is 2.26. The Morgan fingerprint density at radius 3 is 2.62 bits per heavy atom. The highest BCUT2D eigenvalue weighted by Crippen LogP contribution is 2.27. The van der Waals surface area contributed by atoms with Crippen LogP contribution in [0.5, 0.6) is 0 Å². The van der Waals surface area contributed by atoms with E-state index in [1.807, 2.05) is 17.4 Å². The Hall–Kier alpha value is -1.23. The molecule has 0 saturated heterocycles. The first-order valence-corrected chi connectivity index (χ1v) is 8.35. The van der Waals surface area contributed by atoms with Crippen LogP contribution in [0.2, 0.25) is 0 Å². The summed E-state index contributed by atoms with van der Waals surface area (Å²) in [5.74, 6) is 0. The third-order valence-corrected chi connectivity index (χ3v) is 4.39. The lowest BCUT2D eigenvalue weighted by molar-refractivity contribution is 0.395. The summed E-state index contributed by atoms with van der Waals surface area (Å²) < 4.78 is 0. The Bertz CT molecular complexity index is 534. The molecule has 21 heavy (non-hydrogen) atoms. The maximum Gasteiger partial charge on any atom is 0.0948 e. The zero-order valence-electron chi connectivity index (χ0n) is 13.2. The molecule has 2 rings (SSSR count). The molecule has 1 aromatic carbocycles. The lowest BCUT2D eigenvalue weighted by atomic mass is 10.1. The molecule has 0 spiro atoms. The minimum absolute atomic E-state index is 1.01. The van der Waals surface area contributed by atoms with Crippen LogP contribution in [-0.4, -0.2) is 43.6 Å². The number of aromatic nitrogens is 1. The van der Waals surface area contributed by atoms with Gasteiger partial charge in [0.15, 0.2) is 0 Å². The Kier molecular flexibility index (Phi) is 6.36. The van der Waals surface area contributed by atoms with Crippen LogP contribution in [-0.2, 0) is 6.42 Å². The number of rotatable bonds is 8. The van der Waals surface area contributed by atoms with Crippen molar-refractivity contribution < 1.29 is 0 Å². The molecule has 0 bridgehead atoms. The fourth-order valence-corrected chi connectivity index (χ4v) is 3.22. The van der Waals surface area contributed by atoms with Gasteiger partial charge in [-0.3, -0.25) is 0 Å². The van der Waals surface area contributed by atoms with Crippen molar-refractivity contribution in [3.63, 3.8) is 0 Å². The van der Waals surface area contributed by atoms with E-state index in [1.54, 1.807) is 0 Å². The van der Waals surface area contributed by atoms with Gasteiger partial charge in [-0.2, -0.15) is 0 Å². The zero-order chi connectivity index (χ0) is 15.1. The van der Waals surface area contributed by atoms with E-state index in [0.29, 0.717) is 0 Å². The van der Waals surface area contributed by atoms with Crippen molar-refractivity contribution in [3.05, 3.63) is 40.2 Å². The summed E-state index contributed by atoms with van der Waals surface area (Å²) >= 11 is 1.82. The van der Waals surface area contributed by atoms with Crippen LogP contribution in [0.3, 0.4) is 0 Å². The van der Waals surface area contributed by atoms with Crippen molar-refractivity contribution in [2.24, 2.45) is 0 Å². The van der Waals surface area contributed by atoms with E-state index in [1.165, 1.54) is 21.9 Å². The lowest BCUT2D eigenvalue weighted by Crippen LogP contribution is -2.23. The van der Waals surface area contributed by atoms with Crippen molar-refractivity contribution in [1.29, 1.82) is 0 Å². The predicted octanol–water partition coefficient (Wildman–Crippen LogP) is 3.20. The van der Waals surface area contributed by atoms with Crippen LogP contribution in [0, 0.1) is 6.92 Å². The van der Waals surface area contributed by atoms with Crippen LogP contribution < -0.4 is 5.32 Å². The monoisotopic (exact) mass is 303 g/mol. The maximum atomic E-state index is 4.80. The molecule has 3 nitrogen and oxygen atoms in total. The van der Waals surface area contributed by atoms with E-state index in [9.17, 15) is 0 Å². The summed E-state index contributed by atoms with van der Waals surface area (Å²) in [4.78, 5) is 8.33. The van der Waals surface area contributed by atoms with Gasteiger partial charge in [-0.05, 0) is 40.5 Å². The van der Waals surface area contributed by atoms with E-state index in [4.69, 9.17) is 4.98 Å². The van der Waals surface area contributed by atoms with Gasteiger partial charge in [0.1, 0.15) is 0 Å². The normalized spacial score (nSPS) is 11.2. The second-order valence-corrected chi connectivity index (χ2v) is 6.82. The van der Waals surface area contributed by atoms with E-state index in [-0.39, 0.29) is 0 Å². The average molecular weight is 303 g/mol. The first-order valence-electron chi connectivity index (χ1n) is 7.54. The van der Waals surface area contributed by atoms with Crippen molar-refractivity contribution in [3.8, 4) is 11.3 Å². The zero-order valence-corrected chi connectivity index (χ0v) is 14.0. The summed E-state index contributed by atoms with van der Waals surface area (Å²) in [5.41, 5.74) is 2.36. The number of aryl methyl sites for hydroxylation is 1. The fraction of sp³-hybridized carbons (Fsp3) is 0.471. The Balaban J connectivity index is 1.80. The summed E-state index contributed by atoms with van der Waals surface area (Å²) in [7, 11) is 4.23. The number of thiazole rings is 1. The molecule has 0 unspecified atom stereocenters. The maximum absolute atomic E-state index is 4.80. The molecule has 2 aromatic rings. The topological polar surface area (TPSA) is 28.2 Å². The molecule has 0 amide bonds. The summed E-state index contributed by atoms with van der Waals surface area (Å²) in [6, 6.07) is 10.4. The number of nitrogens with one attached hydrogen (secondary N) is 1. The Morgan fingerprint density at radius 2 is 1.90 bits per heavy atom. The largest absolute Gasteiger partial charge is 0.316 e. The predicted molar refractivity (Wildman–Crippen MR) is 92.0 cm³/mol. The van der Waals surface area contributed by atoms with E-state index < -0.39 is 0 Å². The van der Waals surface area contributed by atoms with Gasteiger partial charge >= 0.3 is 0 Å². The molecule has 1 N–H and O–H groups in total. The third kappa shape index (κ3) is 5.23. The lowest BCUT2D eigenvalue weighted by Gasteiger charge is -2.09. The van der Waals surface area contributed by atoms with Gasteiger partial charge in [0, 0.05) is 23.4 Å². The quantitative estimate of drug-likeness (QED) is 0.759. The molecule has 0 aliphatic rings. The number of nitrogens with zero attached hydrogens (tertiary/aromatic N) is 2. The van der Waals surface area contributed by atoms with Gasteiger partial charge in [0.2, 0.25) is 0 Å². The molecule has 0 atom stereocenters. The van der Waals surface area contributed by atoms with Gasteiger partial charge in [0.25, 0.3) is 0 Å². The number of hydrogen-bond donors (Lipinski definition) is 1. The molecule has 0 aliphatic carbocycles. The highest BCUT2D eigenvalue weighted by Gasteiger charge is 2.08. The van der Waals surface area contributed by atoms with Crippen LogP contribution in [0.15, 0.2) is 30.3 Å². The second-order valence-electron chi connectivity index (χ2n) is 5.54. The SMILES string of the molecule is Cc1sc(CCNCCCN(C)C)nc1-c1ccccc1. The van der Waals surface area contributed by atoms with Crippen molar-refractivity contribution in [2.45, 2.75) is 19.8 Å². The third-order valence-electron chi connectivity index (χ3n) is 3.36. The summed E-state index contributed by atoms with van der Waals surface area (Å²) in [6.07, 6.45) is 2.21. The molecular formula is C17H25N3S. The Morgan fingerprint density at radius 1 is 1.14 bits per heavy atom. The number of benzene rings is 1. The van der Waals surface area contributed by atoms with Crippen LogP contribution in [0.1, 0.15) is 16.3 Å². The van der Waals surface area contributed by atoms with E-state index >= 15 is 0 Å². The smallest absolute Gasteiger partial charge is 0.0948 e. The Labute approximate surface area is 132 Å². The standard InChI is InChI=1S/C17H25N3S/c1-14-17(15-8-5-4-6-9-15)19-16(21-14)10-12-18-11-7-13-20(2)3/h4-6,8-9,18H,7,10-13H2,1-3H3. The van der Waals surface area contributed by atoms with Crippen molar-refractivity contribution in [1.82, 2.24) is 15.2 Å². The molecule has 0 aliphatic heterocycles. The van der Waals surface area contributed by atoms with Crippen molar-refractivity contribution in [2.75, 3.05) is 33.7 Å². The van der Waals surface area contributed by atoms with Gasteiger partial charge < -0.3 is 10.2 Å². The number of hydrogen-bond acceptors (Lipinski definition) is 4.